The Hall–Kier alpha value is 0.310. The average molecular weight is 109 g/mol. The molecule has 0 aromatic carbocycles. The van der Waals surface area contributed by atoms with Gasteiger partial charge in [-0.2, -0.15) is 10.6 Å². The van der Waals surface area contributed by atoms with E-state index in [0.29, 0.717) is 0 Å². The van der Waals surface area contributed by atoms with Gasteiger partial charge in [0.1, 0.15) is 6.66 Å². The topological polar surface area (TPSA) is 58.3 Å². The number of hydrogen-bond donors (Lipinski definition) is 3. The summed E-state index contributed by atoms with van der Waals surface area (Å²) < 4.78 is 0. The van der Waals surface area contributed by atoms with Crippen LogP contribution in [0.2, 0.25) is 0 Å². The molecule has 0 saturated heterocycles. The monoisotopic (exact) mass is 109 g/mol. The lowest BCUT2D eigenvalue weighted by Gasteiger charge is -2.02. The zero-order valence-electron chi connectivity index (χ0n) is 3.97. The molecule has 1 unspecified atom stereocenters. The molecule has 0 fully saturated rings. The van der Waals surface area contributed by atoms with E-state index in [1.807, 2.05) is 0 Å². The first kappa shape index (κ1) is 6.31. The third-order valence-electron chi connectivity index (χ3n) is 0.453. The van der Waals surface area contributed by atoms with Crippen LogP contribution >= 0.6 is 7.79 Å². The zero-order chi connectivity index (χ0) is 5.21. The molecular weight excluding hydrogens is 99.0 g/mol. The Kier molecular flexibility index (Phi) is 1.94. The summed E-state index contributed by atoms with van der Waals surface area (Å²) in [6.07, 6.45) is 0. The number of nitrogens with one attached hydrogen (secondary N) is 1. The van der Waals surface area contributed by atoms with Crippen molar-refractivity contribution in [2.24, 2.45) is 5.50 Å². The summed E-state index contributed by atoms with van der Waals surface area (Å²) in [7, 11) is -0.514. The summed E-state index contributed by atoms with van der Waals surface area (Å²) in [6.45, 7) is 1.58. The van der Waals surface area contributed by atoms with E-state index in [4.69, 9.17) is 10.4 Å². The average Bonchev–Trinajstić information content (AvgIpc) is 1.35. The van der Waals surface area contributed by atoms with Gasteiger partial charge in [0.15, 0.2) is 0 Å². The molecule has 0 aliphatic rings. The van der Waals surface area contributed by atoms with E-state index < -0.39 is 7.79 Å². The molecule has 0 rings (SSSR count). The third kappa shape index (κ3) is 4.31. The summed E-state index contributed by atoms with van der Waals surface area (Å²) in [4.78, 5) is 8.60. The van der Waals surface area contributed by atoms with E-state index in [9.17, 15) is 0 Å². The van der Waals surface area contributed by atoms with E-state index in [-0.39, 0.29) is 0 Å². The molecule has 0 bridgehead atoms. The van der Waals surface area contributed by atoms with Crippen LogP contribution in [0.3, 0.4) is 0 Å². The molecule has 0 aromatic rings. The van der Waals surface area contributed by atoms with Gasteiger partial charge >= 0.3 is 0 Å². The lowest BCUT2D eigenvalue weighted by atomic mass is 11.6. The highest BCUT2D eigenvalue weighted by Crippen LogP contribution is 2.32. The van der Waals surface area contributed by atoms with Gasteiger partial charge in [-0.25, -0.2) is 4.89 Å². The molecule has 0 heterocycles. The predicted molar refractivity (Wildman–Crippen MR) is 28.3 cm³/mol. The summed E-state index contributed by atoms with van der Waals surface area (Å²) in [5.74, 6) is 0. The van der Waals surface area contributed by atoms with Gasteiger partial charge in [0.05, 0.1) is 0 Å². The minimum absolute atomic E-state index is 1.58. The minimum atomic E-state index is -2.15. The van der Waals surface area contributed by atoms with Crippen LogP contribution in [0.25, 0.3) is 0 Å². The molecule has 0 aliphatic carbocycles. The Balaban J connectivity index is 3.17. The molecule has 4 N–H and O–H groups in total. The Labute approximate surface area is 38.1 Å². The molecule has 3 nitrogen and oxygen atoms in total. The molecule has 6 heavy (non-hydrogen) atoms. The molecule has 0 amide bonds. The van der Waals surface area contributed by atoms with Crippen LogP contribution in [0.5, 0.6) is 0 Å². The smallest absolute Gasteiger partial charge is 0.214 e. The lowest BCUT2D eigenvalue weighted by Crippen LogP contribution is -2.15. The van der Waals surface area contributed by atoms with Crippen LogP contribution < -0.4 is 10.6 Å². The maximum Gasteiger partial charge on any atom is 0.275 e. The van der Waals surface area contributed by atoms with Crippen LogP contribution in [0, 0.1) is 0 Å². The van der Waals surface area contributed by atoms with Gasteiger partial charge in [0, 0.05) is 7.05 Å². The van der Waals surface area contributed by atoms with E-state index >= 15 is 0 Å². The minimum Gasteiger partial charge on any atom is -0.214 e. The lowest BCUT2D eigenvalue weighted by molar-refractivity contribution is 0.595. The van der Waals surface area contributed by atoms with E-state index in [2.05, 4.69) is 5.09 Å². The van der Waals surface area contributed by atoms with Crippen LogP contribution in [-0.4, -0.2) is 18.6 Å². The van der Waals surface area contributed by atoms with Crippen LogP contribution in [0.1, 0.15) is 0 Å². The molecule has 0 aliphatic heterocycles. The van der Waals surface area contributed by atoms with Crippen molar-refractivity contribution in [3.05, 3.63) is 0 Å². The van der Waals surface area contributed by atoms with Gasteiger partial charge in [-0.15, -0.1) is 0 Å². The molecule has 0 radical (unpaired) electrons. The molecule has 0 spiro atoms. The highest BCUT2D eigenvalue weighted by atomic mass is 31.2. The standard InChI is InChI=1S/C2H10N2OP/c1-4-6(2,3)5/h4-5H,3H2,1-2H3/q+1. The Bertz CT molecular complexity index is 41.3. The summed E-state index contributed by atoms with van der Waals surface area (Å²) >= 11 is 0. The van der Waals surface area contributed by atoms with Crippen molar-refractivity contribution < 1.29 is 4.89 Å². The largest absolute Gasteiger partial charge is 0.275 e. The molecule has 38 valence electrons. The highest BCUT2D eigenvalue weighted by molar-refractivity contribution is 7.65. The van der Waals surface area contributed by atoms with Crippen molar-refractivity contribution in [3.8, 4) is 0 Å². The Morgan fingerprint density at radius 2 is 2.00 bits per heavy atom. The van der Waals surface area contributed by atoms with E-state index in [0.717, 1.165) is 0 Å². The predicted octanol–water partition coefficient (Wildman–Crippen LogP) is -0.451. The summed E-state index contributed by atoms with van der Waals surface area (Å²) in [5, 5.41) is 2.55. The molecule has 4 heteroatoms. The molecule has 1 atom stereocenters. The molecule has 0 aromatic heterocycles. The van der Waals surface area contributed by atoms with Crippen LogP contribution in [0.4, 0.5) is 0 Å². The van der Waals surface area contributed by atoms with E-state index in [1.165, 1.54) is 0 Å². The van der Waals surface area contributed by atoms with Crippen molar-refractivity contribution in [1.82, 2.24) is 5.09 Å². The second kappa shape index (κ2) is 1.85. The highest BCUT2D eigenvalue weighted by Gasteiger charge is 2.16. The maximum absolute atomic E-state index is 8.60. The summed E-state index contributed by atoms with van der Waals surface area (Å²) in [5.41, 5.74) is 5.09. The Morgan fingerprint density at radius 3 is 2.00 bits per heavy atom. The van der Waals surface area contributed by atoms with Gasteiger partial charge in [0.25, 0.3) is 7.79 Å². The van der Waals surface area contributed by atoms with E-state index in [1.54, 1.807) is 13.7 Å². The zero-order valence-corrected chi connectivity index (χ0v) is 4.87. The number of rotatable bonds is 1. The maximum atomic E-state index is 8.60. The van der Waals surface area contributed by atoms with Crippen LogP contribution in [-0.2, 0) is 0 Å². The van der Waals surface area contributed by atoms with Gasteiger partial charge in [0.2, 0.25) is 0 Å². The van der Waals surface area contributed by atoms with Crippen molar-refractivity contribution in [2.75, 3.05) is 13.7 Å². The second-order valence-corrected chi connectivity index (χ2v) is 3.75. The van der Waals surface area contributed by atoms with Gasteiger partial charge < -0.3 is 0 Å². The van der Waals surface area contributed by atoms with Gasteiger partial charge in [-0.3, -0.25) is 0 Å². The normalized spacial score (nSPS) is 20.0. The fourth-order valence-electron chi connectivity index (χ4n) is 0. The third-order valence-corrected chi connectivity index (χ3v) is 1.36. The fourth-order valence-corrected chi connectivity index (χ4v) is 0. The van der Waals surface area contributed by atoms with Crippen molar-refractivity contribution in [2.45, 2.75) is 0 Å². The van der Waals surface area contributed by atoms with Crippen LogP contribution in [0.15, 0.2) is 0 Å². The van der Waals surface area contributed by atoms with Crippen molar-refractivity contribution in [1.29, 1.82) is 0 Å². The second-order valence-electron chi connectivity index (χ2n) is 1.25. The summed E-state index contributed by atoms with van der Waals surface area (Å²) in [6, 6.07) is 0. The van der Waals surface area contributed by atoms with Gasteiger partial charge in [-0.05, 0) is 0 Å². The number of hydrogen-bond acceptors (Lipinski definition) is 3. The number of nitrogens with two attached hydrogens (primary N) is 1. The fraction of sp³-hybridized carbons (Fsp3) is 1.00. The SMILES string of the molecule is CN[P+](C)(N)O. The Morgan fingerprint density at radius 1 is 1.83 bits per heavy atom. The molecule has 0 saturated carbocycles. The van der Waals surface area contributed by atoms with Gasteiger partial charge in [-0.1, -0.05) is 0 Å². The van der Waals surface area contributed by atoms with Crippen molar-refractivity contribution in [3.63, 3.8) is 0 Å². The quantitative estimate of drug-likeness (QED) is 0.400. The first-order valence-corrected chi connectivity index (χ1v) is 3.89. The first-order chi connectivity index (χ1) is 2.56. The molecular formula is C2H10N2OP+. The first-order valence-electron chi connectivity index (χ1n) is 1.63. The van der Waals surface area contributed by atoms with Crippen molar-refractivity contribution >= 4 is 7.79 Å².